The molecular formula is C17H22O7. The van der Waals surface area contributed by atoms with E-state index in [0.29, 0.717) is 0 Å². The van der Waals surface area contributed by atoms with Crippen molar-refractivity contribution in [2.75, 3.05) is 27.8 Å². The molecule has 132 valence electrons. The van der Waals surface area contributed by atoms with Gasteiger partial charge >= 0.3 is 5.97 Å². The number of rotatable bonds is 7. The van der Waals surface area contributed by atoms with Crippen molar-refractivity contribution in [3.05, 3.63) is 35.9 Å². The van der Waals surface area contributed by atoms with Gasteiger partial charge in [0.2, 0.25) is 0 Å². The second-order valence-corrected chi connectivity index (χ2v) is 5.74. The lowest BCUT2D eigenvalue weighted by atomic mass is 9.88. The molecule has 0 saturated carbocycles. The first-order valence-electron chi connectivity index (χ1n) is 7.85. The van der Waals surface area contributed by atoms with Crippen molar-refractivity contribution in [1.82, 2.24) is 0 Å². The van der Waals surface area contributed by atoms with Crippen LogP contribution in [0, 0.1) is 0 Å². The van der Waals surface area contributed by atoms with Crippen molar-refractivity contribution < 1.29 is 33.2 Å². The summed E-state index contributed by atoms with van der Waals surface area (Å²) < 4.78 is 33.2. The summed E-state index contributed by atoms with van der Waals surface area (Å²) in [6.45, 7) is 0.151. The third-order valence-electron chi connectivity index (χ3n) is 4.15. The second-order valence-electron chi connectivity index (χ2n) is 5.74. The molecule has 2 saturated heterocycles. The van der Waals surface area contributed by atoms with Gasteiger partial charge in [-0.1, -0.05) is 30.3 Å². The van der Waals surface area contributed by atoms with Gasteiger partial charge in [-0.3, -0.25) is 4.79 Å². The van der Waals surface area contributed by atoms with Crippen LogP contribution in [0.25, 0.3) is 0 Å². The maximum absolute atomic E-state index is 11.9. The first kappa shape index (κ1) is 17.3. The monoisotopic (exact) mass is 338 g/mol. The second kappa shape index (κ2) is 8.04. The van der Waals surface area contributed by atoms with E-state index in [1.165, 1.54) is 14.2 Å². The fourth-order valence-corrected chi connectivity index (χ4v) is 3.17. The molecule has 0 radical (unpaired) electrons. The quantitative estimate of drug-likeness (QED) is 0.550. The average molecular weight is 338 g/mol. The minimum atomic E-state index is -0.583. The van der Waals surface area contributed by atoms with Crippen LogP contribution in [0.1, 0.15) is 18.1 Å². The summed E-state index contributed by atoms with van der Waals surface area (Å²) >= 11 is 0. The van der Waals surface area contributed by atoms with Crippen LogP contribution in [0.2, 0.25) is 0 Å². The molecular weight excluding hydrogens is 316 g/mol. The highest BCUT2D eigenvalue weighted by atomic mass is 16.7. The molecule has 2 heterocycles. The number of benzene rings is 1. The number of carbonyl (C=O) groups is 1. The minimum Gasteiger partial charge on any atom is -0.456 e. The van der Waals surface area contributed by atoms with E-state index in [4.69, 9.17) is 28.4 Å². The molecule has 0 aromatic heterocycles. The zero-order valence-electron chi connectivity index (χ0n) is 13.8. The van der Waals surface area contributed by atoms with Crippen LogP contribution >= 0.6 is 0 Å². The Bertz CT molecular complexity index is 535. The van der Waals surface area contributed by atoms with E-state index in [-0.39, 0.29) is 32.1 Å². The smallest absolute Gasteiger partial charge is 0.309 e. The normalized spacial score (nSPS) is 32.4. The Morgan fingerprint density at radius 1 is 1.04 bits per heavy atom. The van der Waals surface area contributed by atoms with E-state index in [0.717, 1.165) is 5.56 Å². The molecule has 0 amide bonds. The van der Waals surface area contributed by atoms with E-state index in [1.807, 2.05) is 30.3 Å². The van der Waals surface area contributed by atoms with Gasteiger partial charge in [-0.2, -0.15) is 0 Å². The van der Waals surface area contributed by atoms with Crippen molar-refractivity contribution in [1.29, 1.82) is 0 Å². The SMILES string of the molecule is COCO[C@H]1[C@@H]2OC(=O)C[C@@H](O[C@@H]1c1ccccc1)[C@H]2OCOC. The Labute approximate surface area is 140 Å². The predicted molar refractivity (Wildman–Crippen MR) is 82.1 cm³/mol. The molecule has 1 aromatic rings. The molecule has 0 aliphatic carbocycles. The molecule has 2 fully saturated rings. The summed E-state index contributed by atoms with van der Waals surface area (Å²) in [6.07, 6.45) is -2.18. The Morgan fingerprint density at radius 3 is 2.38 bits per heavy atom. The number of fused-ring (bicyclic) bond motifs is 2. The van der Waals surface area contributed by atoms with Crippen molar-refractivity contribution in [3.63, 3.8) is 0 Å². The first-order chi connectivity index (χ1) is 11.7. The lowest BCUT2D eigenvalue weighted by Gasteiger charge is -2.48. The highest BCUT2D eigenvalue weighted by molar-refractivity contribution is 5.71. The van der Waals surface area contributed by atoms with Gasteiger partial charge in [-0.05, 0) is 5.56 Å². The Hall–Kier alpha value is -1.51. The fourth-order valence-electron chi connectivity index (χ4n) is 3.17. The van der Waals surface area contributed by atoms with Gasteiger partial charge < -0.3 is 28.4 Å². The summed E-state index contributed by atoms with van der Waals surface area (Å²) in [5, 5.41) is 0. The molecule has 3 rings (SSSR count). The molecule has 2 aliphatic heterocycles. The summed E-state index contributed by atoms with van der Waals surface area (Å²) in [5.41, 5.74) is 0.955. The van der Waals surface area contributed by atoms with Gasteiger partial charge in [0.05, 0.1) is 12.5 Å². The van der Waals surface area contributed by atoms with Crippen LogP contribution in [0.4, 0.5) is 0 Å². The van der Waals surface area contributed by atoms with E-state index < -0.39 is 24.4 Å². The summed E-state index contributed by atoms with van der Waals surface area (Å²) in [5.74, 6) is -0.320. The third kappa shape index (κ3) is 3.60. The minimum absolute atomic E-state index is 0.0626. The van der Waals surface area contributed by atoms with Crippen LogP contribution in [0.3, 0.4) is 0 Å². The van der Waals surface area contributed by atoms with Crippen molar-refractivity contribution in [2.24, 2.45) is 0 Å². The fraction of sp³-hybridized carbons (Fsp3) is 0.588. The number of hydrogen-bond donors (Lipinski definition) is 0. The maximum Gasteiger partial charge on any atom is 0.309 e. The van der Waals surface area contributed by atoms with Gasteiger partial charge in [0.15, 0.2) is 6.10 Å². The van der Waals surface area contributed by atoms with Crippen molar-refractivity contribution in [3.8, 4) is 0 Å². The summed E-state index contributed by atoms with van der Waals surface area (Å²) in [4.78, 5) is 11.9. The average Bonchev–Trinajstić information content (AvgIpc) is 2.60. The topological polar surface area (TPSA) is 72.5 Å². The Balaban J connectivity index is 1.87. The van der Waals surface area contributed by atoms with E-state index in [1.54, 1.807) is 0 Å². The molecule has 2 bridgehead atoms. The largest absolute Gasteiger partial charge is 0.456 e. The van der Waals surface area contributed by atoms with E-state index in [9.17, 15) is 4.79 Å². The highest BCUT2D eigenvalue weighted by Gasteiger charge is 2.53. The zero-order chi connectivity index (χ0) is 16.9. The van der Waals surface area contributed by atoms with Crippen molar-refractivity contribution in [2.45, 2.75) is 36.9 Å². The van der Waals surface area contributed by atoms with Gasteiger partial charge in [0, 0.05) is 14.2 Å². The summed E-state index contributed by atoms with van der Waals surface area (Å²) in [7, 11) is 3.08. The molecule has 0 spiro atoms. The van der Waals surface area contributed by atoms with Gasteiger partial charge in [0.1, 0.15) is 31.9 Å². The molecule has 2 aliphatic rings. The van der Waals surface area contributed by atoms with E-state index in [2.05, 4.69) is 0 Å². The Morgan fingerprint density at radius 2 is 1.71 bits per heavy atom. The van der Waals surface area contributed by atoms with Crippen LogP contribution in [0.15, 0.2) is 30.3 Å². The van der Waals surface area contributed by atoms with Crippen LogP contribution in [-0.4, -0.2) is 58.2 Å². The molecule has 24 heavy (non-hydrogen) atoms. The van der Waals surface area contributed by atoms with Gasteiger partial charge in [-0.25, -0.2) is 0 Å². The van der Waals surface area contributed by atoms with Gasteiger partial charge in [-0.15, -0.1) is 0 Å². The zero-order valence-corrected chi connectivity index (χ0v) is 13.8. The predicted octanol–water partition coefficient (Wildman–Crippen LogP) is 1.42. The molecule has 7 nitrogen and oxygen atoms in total. The number of esters is 1. The lowest BCUT2D eigenvalue weighted by molar-refractivity contribution is -0.293. The molecule has 1 aromatic carbocycles. The van der Waals surface area contributed by atoms with Crippen LogP contribution in [0.5, 0.6) is 0 Å². The number of carbonyl (C=O) groups excluding carboxylic acids is 1. The maximum atomic E-state index is 11.9. The first-order valence-corrected chi connectivity index (χ1v) is 7.85. The van der Waals surface area contributed by atoms with Crippen molar-refractivity contribution >= 4 is 5.97 Å². The lowest BCUT2D eigenvalue weighted by Crippen LogP contribution is -2.61. The third-order valence-corrected chi connectivity index (χ3v) is 4.15. The number of ether oxygens (including phenoxy) is 6. The van der Waals surface area contributed by atoms with Crippen LogP contribution < -0.4 is 0 Å². The number of hydrogen-bond acceptors (Lipinski definition) is 7. The van der Waals surface area contributed by atoms with Gasteiger partial charge in [0.25, 0.3) is 0 Å². The summed E-state index contributed by atoms with van der Waals surface area (Å²) in [6, 6.07) is 9.72. The molecule has 7 heteroatoms. The molecule has 0 N–H and O–H groups in total. The number of methoxy groups -OCH3 is 2. The molecule has 0 unspecified atom stereocenters. The van der Waals surface area contributed by atoms with E-state index >= 15 is 0 Å². The molecule has 5 atom stereocenters. The highest BCUT2D eigenvalue weighted by Crippen LogP contribution is 2.40. The van der Waals surface area contributed by atoms with Crippen LogP contribution in [-0.2, 0) is 33.2 Å². The Kier molecular flexibility index (Phi) is 5.80. The standard InChI is InChI=1S/C17H22O7/c1-19-9-21-15-12-8-13(18)24-17(15)16(22-10-20-2)14(23-12)11-6-4-3-5-7-11/h3-7,12,14-17H,8-10H2,1-2H3/t12-,14-,15-,16-,17-/m1/s1.